The number of nitrogens with zero attached hydrogens (tertiary/aromatic N) is 1. The second-order valence-electron chi connectivity index (χ2n) is 3.53. The normalized spacial score (nSPS) is 10.5. The van der Waals surface area contributed by atoms with Crippen molar-refractivity contribution in [2.24, 2.45) is 5.73 Å². The first-order valence-electron chi connectivity index (χ1n) is 4.99. The van der Waals surface area contributed by atoms with Crippen LogP contribution in [0.5, 0.6) is 5.88 Å². The third-order valence-corrected chi connectivity index (χ3v) is 3.33. The maximum atomic E-state index is 13.5. The molecule has 1 heterocycles. The summed E-state index contributed by atoms with van der Waals surface area (Å²) in [6.45, 7) is -0.380. The fraction of sp³-hybridized carbons (Fsp3) is 0.0909. The topological polar surface area (TPSA) is 65.2 Å². The molecular formula is C11H7BrF2N2O2S. The van der Waals surface area contributed by atoms with Crippen molar-refractivity contribution in [3.63, 3.8) is 0 Å². The smallest absolute Gasteiger partial charge is 0.255 e. The van der Waals surface area contributed by atoms with Gasteiger partial charge in [0.1, 0.15) is 23.8 Å². The number of ether oxygens (including phenoxy) is 1. The maximum absolute atomic E-state index is 13.5. The number of benzene rings is 1. The van der Waals surface area contributed by atoms with Crippen LogP contribution in [-0.2, 0) is 6.61 Å². The number of carbonyl (C=O) groups is 1. The zero-order valence-corrected chi connectivity index (χ0v) is 11.7. The fourth-order valence-electron chi connectivity index (χ4n) is 1.34. The minimum Gasteiger partial charge on any atom is -0.471 e. The molecule has 0 aliphatic rings. The summed E-state index contributed by atoms with van der Waals surface area (Å²) in [6, 6.07) is 2.25. The summed E-state index contributed by atoms with van der Waals surface area (Å²) >= 11 is 3.94. The van der Waals surface area contributed by atoms with Gasteiger partial charge in [0.2, 0.25) is 5.88 Å². The van der Waals surface area contributed by atoms with Gasteiger partial charge < -0.3 is 10.5 Å². The Labute approximate surface area is 119 Å². The molecule has 0 unspecified atom stereocenters. The average molecular weight is 349 g/mol. The SMILES string of the molecule is NC(=O)c1csnc1OCc1c(F)cc(Br)cc1F. The number of hydrogen-bond acceptors (Lipinski definition) is 4. The molecule has 1 aromatic heterocycles. The molecule has 1 aromatic carbocycles. The lowest BCUT2D eigenvalue weighted by atomic mass is 10.2. The lowest BCUT2D eigenvalue weighted by Crippen LogP contribution is -2.12. The average Bonchev–Trinajstić information content (AvgIpc) is 2.75. The van der Waals surface area contributed by atoms with Crippen molar-refractivity contribution in [1.82, 2.24) is 4.37 Å². The predicted molar refractivity (Wildman–Crippen MR) is 69.0 cm³/mol. The molecule has 0 aliphatic heterocycles. The molecule has 0 atom stereocenters. The van der Waals surface area contributed by atoms with Crippen LogP contribution in [0.4, 0.5) is 8.78 Å². The molecule has 8 heteroatoms. The van der Waals surface area contributed by atoms with Gasteiger partial charge in [-0.1, -0.05) is 15.9 Å². The van der Waals surface area contributed by atoms with Gasteiger partial charge >= 0.3 is 0 Å². The van der Waals surface area contributed by atoms with Crippen LogP contribution in [0.25, 0.3) is 0 Å². The number of nitrogens with two attached hydrogens (primary N) is 1. The summed E-state index contributed by atoms with van der Waals surface area (Å²) in [5.74, 6) is -2.23. The van der Waals surface area contributed by atoms with Crippen LogP contribution in [0.2, 0.25) is 0 Å². The van der Waals surface area contributed by atoms with Gasteiger partial charge in [0, 0.05) is 9.85 Å². The summed E-state index contributed by atoms with van der Waals surface area (Å²) in [6.07, 6.45) is 0. The summed E-state index contributed by atoms with van der Waals surface area (Å²) in [4.78, 5) is 11.0. The largest absolute Gasteiger partial charge is 0.471 e. The summed E-state index contributed by atoms with van der Waals surface area (Å²) < 4.78 is 36.3. The van der Waals surface area contributed by atoms with Gasteiger partial charge in [0.15, 0.2) is 0 Å². The molecule has 100 valence electrons. The van der Waals surface area contributed by atoms with E-state index in [1.807, 2.05) is 0 Å². The molecule has 0 radical (unpaired) electrons. The first-order valence-corrected chi connectivity index (χ1v) is 6.62. The van der Waals surface area contributed by atoms with Crippen LogP contribution in [0, 0.1) is 11.6 Å². The van der Waals surface area contributed by atoms with E-state index >= 15 is 0 Å². The van der Waals surface area contributed by atoms with Crippen molar-refractivity contribution in [3.8, 4) is 5.88 Å². The lowest BCUT2D eigenvalue weighted by molar-refractivity contribution is 0.0996. The lowest BCUT2D eigenvalue weighted by Gasteiger charge is -2.07. The second-order valence-corrected chi connectivity index (χ2v) is 5.08. The molecule has 2 rings (SSSR count). The van der Waals surface area contributed by atoms with Crippen molar-refractivity contribution >= 4 is 33.4 Å². The molecule has 2 N–H and O–H groups in total. The van der Waals surface area contributed by atoms with Crippen molar-refractivity contribution in [1.29, 1.82) is 0 Å². The Morgan fingerprint density at radius 3 is 2.63 bits per heavy atom. The first-order chi connectivity index (χ1) is 8.99. The molecule has 0 spiro atoms. The number of aromatic nitrogens is 1. The molecule has 4 nitrogen and oxygen atoms in total. The van der Waals surface area contributed by atoms with Crippen LogP contribution in [0.15, 0.2) is 22.0 Å². The maximum Gasteiger partial charge on any atom is 0.255 e. The van der Waals surface area contributed by atoms with Crippen molar-refractivity contribution < 1.29 is 18.3 Å². The Bertz CT molecular complexity index is 610. The van der Waals surface area contributed by atoms with Crippen molar-refractivity contribution in [3.05, 3.63) is 44.7 Å². The van der Waals surface area contributed by atoms with Gasteiger partial charge in [-0.15, -0.1) is 0 Å². The summed E-state index contributed by atoms with van der Waals surface area (Å²) in [5.41, 5.74) is 4.94. The van der Waals surface area contributed by atoms with Crippen LogP contribution < -0.4 is 10.5 Å². The van der Waals surface area contributed by atoms with Crippen LogP contribution in [-0.4, -0.2) is 10.3 Å². The highest BCUT2D eigenvalue weighted by Gasteiger charge is 2.16. The Balaban J connectivity index is 2.19. The summed E-state index contributed by atoms with van der Waals surface area (Å²) in [7, 11) is 0. The molecule has 0 saturated heterocycles. The predicted octanol–water partition coefficient (Wildman–Crippen LogP) is 2.86. The number of amides is 1. The Hall–Kier alpha value is -1.54. The number of rotatable bonds is 4. The molecule has 1 amide bonds. The monoisotopic (exact) mass is 348 g/mol. The van der Waals surface area contributed by atoms with E-state index in [-0.39, 0.29) is 28.1 Å². The number of halogens is 3. The highest BCUT2D eigenvalue weighted by molar-refractivity contribution is 9.10. The van der Waals surface area contributed by atoms with Crippen molar-refractivity contribution in [2.75, 3.05) is 0 Å². The van der Waals surface area contributed by atoms with Crippen LogP contribution in [0.3, 0.4) is 0 Å². The van der Waals surface area contributed by atoms with Gasteiger partial charge in [0.25, 0.3) is 5.91 Å². The highest BCUT2D eigenvalue weighted by Crippen LogP contribution is 2.23. The minimum absolute atomic E-state index is 0.0285. The fourth-order valence-corrected chi connectivity index (χ4v) is 2.37. The van der Waals surface area contributed by atoms with Crippen molar-refractivity contribution in [2.45, 2.75) is 6.61 Å². The molecule has 2 aromatic rings. The van der Waals surface area contributed by atoms with E-state index in [0.29, 0.717) is 0 Å². The molecular weight excluding hydrogens is 342 g/mol. The van der Waals surface area contributed by atoms with Gasteiger partial charge in [-0.05, 0) is 23.7 Å². The van der Waals surface area contributed by atoms with Crippen LogP contribution >= 0.6 is 27.5 Å². The van der Waals surface area contributed by atoms with E-state index in [1.165, 1.54) is 5.38 Å². The van der Waals surface area contributed by atoms with E-state index in [9.17, 15) is 13.6 Å². The summed E-state index contributed by atoms with van der Waals surface area (Å²) in [5, 5.41) is 1.41. The third-order valence-electron chi connectivity index (χ3n) is 2.26. The third kappa shape index (κ3) is 3.07. The standard InChI is InChI=1S/C11H7BrF2N2O2S/c12-5-1-8(13)6(9(14)2-5)3-18-11-7(10(15)17)4-19-16-11/h1-2,4H,3H2,(H2,15,17). The molecule has 0 fully saturated rings. The Morgan fingerprint density at radius 1 is 1.42 bits per heavy atom. The highest BCUT2D eigenvalue weighted by atomic mass is 79.9. The van der Waals surface area contributed by atoms with Gasteiger partial charge in [0.05, 0.1) is 5.56 Å². The number of primary amides is 1. The molecule has 0 saturated carbocycles. The number of carbonyl (C=O) groups excluding carboxylic acids is 1. The Morgan fingerprint density at radius 2 is 2.05 bits per heavy atom. The van der Waals surface area contributed by atoms with E-state index < -0.39 is 17.5 Å². The zero-order chi connectivity index (χ0) is 14.0. The van der Waals surface area contributed by atoms with Crippen LogP contribution in [0.1, 0.15) is 15.9 Å². The van der Waals surface area contributed by atoms with E-state index in [2.05, 4.69) is 20.3 Å². The molecule has 0 bridgehead atoms. The minimum atomic E-state index is -0.747. The van der Waals surface area contributed by atoms with E-state index in [1.54, 1.807) is 0 Å². The molecule has 0 aliphatic carbocycles. The zero-order valence-electron chi connectivity index (χ0n) is 9.32. The van der Waals surface area contributed by atoms with E-state index in [0.717, 1.165) is 23.7 Å². The van der Waals surface area contributed by atoms with E-state index in [4.69, 9.17) is 10.5 Å². The quantitative estimate of drug-likeness (QED) is 0.923. The van der Waals surface area contributed by atoms with Gasteiger partial charge in [-0.3, -0.25) is 4.79 Å². The Kier molecular flexibility index (Phi) is 4.11. The van der Waals surface area contributed by atoms with Gasteiger partial charge in [-0.25, -0.2) is 8.78 Å². The first kappa shape index (κ1) is 13.9. The number of hydrogen-bond donors (Lipinski definition) is 1. The van der Waals surface area contributed by atoms with Gasteiger partial charge in [-0.2, -0.15) is 4.37 Å². The molecule has 19 heavy (non-hydrogen) atoms. The second kappa shape index (κ2) is 5.62.